The summed E-state index contributed by atoms with van der Waals surface area (Å²) in [5.74, 6) is -1.54. The van der Waals surface area contributed by atoms with Crippen LogP contribution in [-0.4, -0.2) is 21.9 Å². The standard InChI is InChI=1S/C20H14N2O3S2/c23-18-16(10-13-11-21-15-9-5-4-8-14(13)15)27-20(26)22(18)17(19(24)25)12-6-2-1-3-7-12/h1-11,17,23H,(H,24,25)/p-1/b13-10+/t17-/m1/s1. The van der Waals surface area contributed by atoms with E-state index in [2.05, 4.69) is 4.99 Å². The smallest absolute Gasteiger partial charge is 0.211 e. The lowest BCUT2D eigenvalue weighted by atomic mass is 10.1. The molecule has 0 radical (unpaired) electrons. The van der Waals surface area contributed by atoms with Gasteiger partial charge in [0, 0.05) is 17.4 Å². The van der Waals surface area contributed by atoms with Gasteiger partial charge in [-0.15, -0.1) is 11.3 Å². The van der Waals surface area contributed by atoms with E-state index in [0.717, 1.165) is 28.2 Å². The Balaban J connectivity index is 1.82. The van der Waals surface area contributed by atoms with E-state index in [4.69, 9.17) is 12.2 Å². The number of carbonyl (C=O) groups is 1. The summed E-state index contributed by atoms with van der Waals surface area (Å²) in [6, 6.07) is 15.0. The topological polar surface area (TPSA) is 77.6 Å². The van der Waals surface area contributed by atoms with Crippen LogP contribution in [0.1, 0.15) is 22.0 Å². The summed E-state index contributed by atoms with van der Waals surface area (Å²) >= 11 is 6.48. The van der Waals surface area contributed by atoms with Crippen molar-refractivity contribution < 1.29 is 15.0 Å². The zero-order valence-electron chi connectivity index (χ0n) is 13.9. The Hall–Kier alpha value is -3.03. The number of aliphatic imine (C=N–C) groups is 1. The molecule has 1 atom stereocenters. The van der Waals surface area contributed by atoms with E-state index in [1.165, 1.54) is 4.57 Å². The summed E-state index contributed by atoms with van der Waals surface area (Å²) in [4.78, 5) is 16.6. The first-order valence-corrected chi connectivity index (χ1v) is 9.34. The average molecular weight is 393 g/mol. The van der Waals surface area contributed by atoms with Crippen molar-refractivity contribution >= 4 is 53.1 Å². The van der Waals surface area contributed by atoms with Crippen LogP contribution in [-0.2, 0) is 4.79 Å². The third-order valence-corrected chi connectivity index (χ3v) is 5.62. The van der Waals surface area contributed by atoms with Gasteiger partial charge in [-0.05, 0) is 29.9 Å². The van der Waals surface area contributed by atoms with Gasteiger partial charge in [-0.3, -0.25) is 9.56 Å². The van der Waals surface area contributed by atoms with Gasteiger partial charge in [0.25, 0.3) is 0 Å². The van der Waals surface area contributed by atoms with Crippen molar-refractivity contribution in [1.29, 1.82) is 0 Å². The lowest BCUT2D eigenvalue weighted by Gasteiger charge is -2.21. The average Bonchev–Trinajstić information content (AvgIpc) is 3.19. The molecule has 0 saturated carbocycles. The quantitative estimate of drug-likeness (QED) is 0.687. The van der Waals surface area contributed by atoms with Gasteiger partial charge in [-0.2, -0.15) is 0 Å². The summed E-state index contributed by atoms with van der Waals surface area (Å²) < 4.78 is 1.47. The third-order valence-electron chi connectivity index (χ3n) is 4.28. The molecule has 1 aliphatic rings. The molecule has 1 aromatic heterocycles. The van der Waals surface area contributed by atoms with Gasteiger partial charge in [0.15, 0.2) is 3.95 Å². The fourth-order valence-electron chi connectivity index (χ4n) is 3.04. The van der Waals surface area contributed by atoms with Crippen LogP contribution in [0.15, 0.2) is 59.6 Å². The van der Waals surface area contributed by atoms with Crippen molar-refractivity contribution in [3.05, 3.63) is 74.6 Å². The molecule has 5 nitrogen and oxygen atoms in total. The molecular formula is C20H13N2O3S2-. The number of allylic oxidation sites excluding steroid dienone is 1. The minimum Gasteiger partial charge on any atom is -0.547 e. The Morgan fingerprint density at radius 2 is 1.89 bits per heavy atom. The monoisotopic (exact) mass is 393 g/mol. The lowest BCUT2D eigenvalue weighted by Crippen LogP contribution is -2.34. The summed E-state index contributed by atoms with van der Waals surface area (Å²) in [7, 11) is 0. The SMILES string of the molecule is O=C([O-])[C@@H](c1ccccc1)n1c(O)c(/C=C2\C=Nc3ccccc32)sc1=S. The van der Waals surface area contributed by atoms with E-state index < -0.39 is 12.0 Å². The maximum atomic E-state index is 11.8. The first-order valence-electron chi connectivity index (χ1n) is 8.11. The van der Waals surface area contributed by atoms with Gasteiger partial charge >= 0.3 is 0 Å². The van der Waals surface area contributed by atoms with Crippen molar-refractivity contribution in [2.45, 2.75) is 6.04 Å². The zero-order valence-corrected chi connectivity index (χ0v) is 15.5. The molecule has 0 saturated heterocycles. The molecule has 0 fully saturated rings. The van der Waals surface area contributed by atoms with Gasteiger partial charge in [0.1, 0.15) is 6.04 Å². The summed E-state index contributed by atoms with van der Waals surface area (Å²) in [6.45, 7) is 0. The molecular weight excluding hydrogens is 380 g/mol. The summed E-state index contributed by atoms with van der Waals surface area (Å²) in [5.41, 5.74) is 3.10. The van der Waals surface area contributed by atoms with Crippen molar-refractivity contribution in [2.75, 3.05) is 0 Å². The van der Waals surface area contributed by atoms with Gasteiger partial charge in [0.05, 0.1) is 16.5 Å². The summed E-state index contributed by atoms with van der Waals surface area (Å²) in [5, 5.41) is 22.5. The fourth-order valence-corrected chi connectivity index (χ4v) is 4.35. The number of hydrogen-bond acceptors (Lipinski definition) is 6. The maximum absolute atomic E-state index is 11.8. The molecule has 2 aromatic carbocycles. The molecule has 4 rings (SSSR count). The Morgan fingerprint density at radius 1 is 1.19 bits per heavy atom. The van der Waals surface area contributed by atoms with Crippen LogP contribution in [0, 0.1) is 3.95 Å². The molecule has 3 aromatic rings. The third kappa shape index (κ3) is 3.11. The van der Waals surface area contributed by atoms with E-state index in [1.54, 1.807) is 42.6 Å². The molecule has 1 aliphatic heterocycles. The number of carboxylic acids is 1. The number of fused-ring (bicyclic) bond motifs is 1. The number of hydrogen-bond donors (Lipinski definition) is 1. The number of aliphatic carboxylic acids is 1. The second-order valence-corrected chi connectivity index (χ2v) is 7.61. The van der Waals surface area contributed by atoms with Crippen LogP contribution < -0.4 is 5.11 Å². The number of carboxylic acid groups (broad SMARTS) is 1. The Labute approximate surface area is 164 Å². The number of aromatic hydroxyl groups is 1. The predicted octanol–water partition coefficient (Wildman–Crippen LogP) is 3.58. The highest BCUT2D eigenvalue weighted by Gasteiger charge is 2.22. The number of thiazole rings is 1. The summed E-state index contributed by atoms with van der Waals surface area (Å²) in [6.07, 6.45) is 3.48. The molecule has 0 spiro atoms. The number of carbonyl (C=O) groups excluding carboxylic acids is 1. The molecule has 2 heterocycles. The van der Waals surface area contributed by atoms with Crippen molar-refractivity contribution in [2.24, 2.45) is 4.99 Å². The highest BCUT2D eigenvalue weighted by atomic mass is 32.1. The first kappa shape index (κ1) is 17.4. The largest absolute Gasteiger partial charge is 0.547 e. The molecule has 1 N–H and O–H groups in total. The van der Waals surface area contributed by atoms with E-state index in [-0.39, 0.29) is 9.83 Å². The molecule has 0 amide bonds. The molecule has 7 heteroatoms. The van der Waals surface area contributed by atoms with E-state index in [0.29, 0.717) is 10.4 Å². The van der Waals surface area contributed by atoms with Crippen LogP contribution in [0.4, 0.5) is 5.69 Å². The second-order valence-electron chi connectivity index (χ2n) is 5.93. The normalized spacial score (nSPS) is 15.0. The van der Waals surface area contributed by atoms with Crippen LogP contribution in [0.5, 0.6) is 5.88 Å². The van der Waals surface area contributed by atoms with Crippen molar-refractivity contribution in [1.82, 2.24) is 4.57 Å². The molecule has 0 unspecified atom stereocenters. The van der Waals surface area contributed by atoms with Crippen LogP contribution in [0.2, 0.25) is 0 Å². The van der Waals surface area contributed by atoms with Crippen LogP contribution in [0.25, 0.3) is 11.6 Å². The van der Waals surface area contributed by atoms with E-state index >= 15 is 0 Å². The number of nitrogens with zero attached hydrogens (tertiary/aromatic N) is 2. The van der Waals surface area contributed by atoms with Gasteiger partial charge < -0.3 is 15.0 Å². The lowest BCUT2D eigenvalue weighted by molar-refractivity contribution is -0.309. The Bertz CT molecular complexity index is 1140. The number of benzene rings is 2. The number of para-hydroxylation sites is 1. The maximum Gasteiger partial charge on any atom is 0.211 e. The zero-order chi connectivity index (χ0) is 19.0. The highest BCUT2D eigenvalue weighted by Crippen LogP contribution is 2.37. The fraction of sp³-hybridized carbons (Fsp3) is 0.0500. The molecule has 0 aliphatic carbocycles. The number of aromatic nitrogens is 1. The van der Waals surface area contributed by atoms with Gasteiger partial charge in [-0.1, -0.05) is 48.5 Å². The van der Waals surface area contributed by atoms with Crippen LogP contribution >= 0.6 is 23.6 Å². The highest BCUT2D eigenvalue weighted by molar-refractivity contribution is 7.73. The van der Waals surface area contributed by atoms with Gasteiger partial charge in [0.2, 0.25) is 5.88 Å². The molecule has 27 heavy (non-hydrogen) atoms. The van der Waals surface area contributed by atoms with Crippen LogP contribution in [0.3, 0.4) is 0 Å². The Kier molecular flexibility index (Phi) is 4.47. The minimum absolute atomic E-state index is 0.201. The van der Waals surface area contributed by atoms with E-state index in [9.17, 15) is 15.0 Å². The molecule has 134 valence electrons. The molecule has 0 bridgehead atoms. The van der Waals surface area contributed by atoms with Crippen molar-refractivity contribution in [3.63, 3.8) is 0 Å². The van der Waals surface area contributed by atoms with Crippen molar-refractivity contribution in [3.8, 4) is 5.88 Å². The minimum atomic E-state index is -1.34. The first-order chi connectivity index (χ1) is 13.1. The van der Waals surface area contributed by atoms with E-state index in [1.807, 2.05) is 24.3 Å². The second kappa shape index (κ2) is 6.94. The number of rotatable bonds is 4. The Morgan fingerprint density at radius 3 is 2.63 bits per heavy atom. The van der Waals surface area contributed by atoms with Gasteiger partial charge in [-0.25, -0.2) is 0 Å². The predicted molar refractivity (Wildman–Crippen MR) is 107 cm³/mol.